The second-order valence-electron chi connectivity index (χ2n) is 7.80. The summed E-state index contributed by atoms with van der Waals surface area (Å²) < 4.78 is 13.1. The molecule has 0 saturated carbocycles. The number of benzene rings is 1. The molecule has 1 saturated heterocycles. The molecule has 1 amide bonds. The van der Waals surface area contributed by atoms with Crippen LogP contribution in [0.15, 0.2) is 24.3 Å². The highest BCUT2D eigenvalue weighted by molar-refractivity contribution is 5.83. The first-order valence-electron chi connectivity index (χ1n) is 8.39. The van der Waals surface area contributed by atoms with Gasteiger partial charge in [0.15, 0.2) is 0 Å². The van der Waals surface area contributed by atoms with Crippen LogP contribution in [0.4, 0.5) is 4.39 Å². The minimum absolute atomic E-state index is 0.0763. The Morgan fingerprint density at radius 2 is 1.92 bits per heavy atom. The summed E-state index contributed by atoms with van der Waals surface area (Å²) in [6, 6.07) is 6.23. The molecule has 3 unspecified atom stereocenters. The highest BCUT2D eigenvalue weighted by Crippen LogP contribution is 2.25. The van der Waals surface area contributed by atoms with E-state index in [1.807, 2.05) is 19.0 Å². The number of hydrogen-bond acceptors (Lipinski definition) is 4. The highest BCUT2D eigenvalue weighted by atomic mass is 19.1. The molecule has 0 aromatic heterocycles. The third-order valence-corrected chi connectivity index (χ3v) is 4.50. The molecule has 0 aliphatic carbocycles. The molecule has 2 rings (SSSR count). The van der Waals surface area contributed by atoms with Crippen molar-refractivity contribution in [2.24, 2.45) is 5.41 Å². The van der Waals surface area contributed by atoms with Crippen molar-refractivity contribution in [3.05, 3.63) is 35.6 Å². The van der Waals surface area contributed by atoms with Crippen molar-refractivity contribution in [3.63, 3.8) is 0 Å². The average Bonchev–Trinajstić information content (AvgIpc) is 2.96. The Bertz CT molecular complexity index is 553. The molecule has 24 heavy (non-hydrogen) atoms. The zero-order valence-electron chi connectivity index (χ0n) is 15.2. The SMILES string of the molecule is CN(C)C(C(=O)NCC1CC(C(C)(C)C)NN1)c1ccc(F)cc1. The molecule has 1 aliphatic rings. The monoisotopic (exact) mass is 336 g/mol. The number of hydrazine groups is 1. The maximum absolute atomic E-state index is 13.1. The van der Waals surface area contributed by atoms with Gasteiger partial charge in [0.2, 0.25) is 5.91 Å². The molecule has 3 atom stereocenters. The summed E-state index contributed by atoms with van der Waals surface area (Å²) in [6.45, 7) is 7.15. The number of likely N-dealkylation sites (N-methyl/N-ethyl adjacent to an activating group) is 1. The molecule has 1 aromatic carbocycles. The lowest BCUT2D eigenvalue weighted by atomic mass is 9.84. The van der Waals surface area contributed by atoms with Crippen molar-refractivity contribution < 1.29 is 9.18 Å². The lowest BCUT2D eigenvalue weighted by molar-refractivity contribution is -0.125. The highest BCUT2D eigenvalue weighted by Gasteiger charge is 2.33. The maximum Gasteiger partial charge on any atom is 0.241 e. The molecule has 1 aliphatic heterocycles. The van der Waals surface area contributed by atoms with Gasteiger partial charge in [0.05, 0.1) is 0 Å². The molecule has 6 heteroatoms. The van der Waals surface area contributed by atoms with E-state index in [0.29, 0.717) is 12.6 Å². The van der Waals surface area contributed by atoms with Gasteiger partial charge in [0.25, 0.3) is 0 Å². The summed E-state index contributed by atoms with van der Waals surface area (Å²) in [5.74, 6) is -0.376. The second kappa shape index (κ2) is 7.59. The molecule has 1 aromatic rings. The first-order chi connectivity index (χ1) is 11.2. The number of halogens is 1. The van der Waals surface area contributed by atoms with E-state index in [-0.39, 0.29) is 23.2 Å². The molecule has 0 radical (unpaired) electrons. The van der Waals surface area contributed by atoms with Gasteiger partial charge in [0.1, 0.15) is 11.9 Å². The number of nitrogens with one attached hydrogen (secondary N) is 3. The van der Waals surface area contributed by atoms with Crippen LogP contribution in [0.2, 0.25) is 0 Å². The summed E-state index contributed by atoms with van der Waals surface area (Å²) in [4.78, 5) is 14.4. The summed E-state index contributed by atoms with van der Waals surface area (Å²) in [7, 11) is 3.69. The second-order valence-corrected chi connectivity index (χ2v) is 7.80. The van der Waals surface area contributed by atoms with Crippen LogP contribution in [0.25, 0.3) is 0 Å². The topological polar surface area (TPSA) is 56.4 Å². The van der Waals surface area contributed by atoms with E-state index in [0.717, 1.165) is 12.0 Å². The van der Waals surface area contributed by atoms with Crippen molar-refractivity contribution in [2.45, 2.75) is 45.3 Å². The molecule has 134 valence electrons. The van der Waals surface area contributed by atoms with Gasteiger partial charge >= 0.3 is 0 Å². The largest absolute Gasteiger partial charge is 0.353 e. The average molecular weight is 336 g/mol. The van der Waals surface area contributed by atoms with Crippen LogP contribution in [0, 0.1) is 11.2 Å². The van der Waals surface area contributed by atoms with Gasteiger partial charge < -0.3 is 5.32 Å². The Hall–Kier alpha value is -1.50. The first-order valence-corrected chi connectivity index (χ1v) is 8.39. The van der Waals surface area contributed by atoms with E-state index in [1.54, 1.807) is 12.1 Å². The lowest BCUT2D eigenvalue weighted by Crippen LogP contribution is -2.44. The van der Waals surface area contributed by atoms with Crippen molar-refractivity contribution in [2.75, 3.05) is 20.6 Å². The third-order valence-electron chi connectivity index (χ3n) is 4.50. The molecule has 1 heterocycles. The molecule has 3 N–H and O–H groups in total. The van der Waals surface area contributed by atoms with E-state index < -0.39 is 6.04 Å². The maximum atomic E-state index is 13.1. The van der Waals surface area contributed by atoms with Crippen LogP contribution < -0.4 is 16.2 Å². The third kappa shape index (κ3) is 4.75. The number of rotatable bonds is 5. The number of hydrogen-bond donors (Lipinski definition) is 3. The van der Waals surface area contributed by atoms with Gasteiger partial charge in [-0.3, -0.25) is 20.5 Å². The summed E-state index contributed by atoms with van der Waals surface area (Å²) in [6.07, 6.45) is 0.965. The fourth-order valence-electron chi connectivity index (χ4n) is 2.97. The zero-order chi connectivity index (χ0) is 17.9. The minimum Gasteiger partial charge on any atom is -0.353 e. The molecule has 0 bridgehead atoms. The Kier molecular flexibility index (Phi) is 5.96. The van der Waals surface area contributed by atoms with E-state index in [2.05, 4.69) is 36.9 Å². The molecule has 5 nitrogen and oxygen atoms in total. The Morgan fingerprint density at radius 3 is 2.42 bits per heavy atom. The number of amides is 1. The van der Waals surface area contributed by atoms with E-state index in [9.17, 15) is 9.18 Å². The Balaban J connectivity index is 1.94. The summed E-state index contributed by atoms with van der Waals surface area (Å²) in [5, 5.41) is 3.01. The molecule has 0 spiro atoms. The predicted octanol–water partition coefficient (Wildman–Crippen LogP) is 1.83. The fraction of sp³-hybridized carbons (Fsp3) is 0.611. The number of carbonyl (C=O) groups is 1. The summed E-state index contributed by atoms with van der Waals surface area (Å²) >= 11 is 0. The standard InChI is InChI=1S/C18H29FN4O/c1-18(2,3)15-10-14(21-22-15)11-20-17(24)16(23(4)5)12-6-8-13(19)9-7-12/h6-9,14-16,21-22H,10-11H2,1-5H3,(H,20,24). The Labute approximate surface area is 144 Å². The van der Waals surface area contributed by atoms with Crippen molar-refractivity contribution in [1.29, 1.82) is 0 Å². The van der Waals surface area contributed by atoms with Gasteiger partial charge in [-0.1, -0.05) is 32.9 Å². The van der Waals surface area contributed by atoms with Crippen LogP contribution >= 0.6 is 0 Å². The van der Waals surface area contributed by atoms with Crippen LogP contribution in [-0.4, -0.2) is 43.5 Å². The van der Waals surface area contributed by atoms with E-state index >= 15 is 0 Å². The zero-order valence-corrected chi connectivity index (χ0v) is 15.2. The van der Waals surface area contributed by atoms with Crippen molar-refractivity contribution in [3.8, 4) is 0 Å². The minimum atomic E-state index is -0.432. The lowest BCUT2D eigenvalue weighted by Gasteiger charge is -2.26. The van der Waals surface area contributed by atoms with Gasteiger partial charge in [-0.25, -0.2) is 4.39 Å². The molecular formula is C18H29FN4O. The van der Waals surface area contributed by atoms with Gasteiger partial charge in [0, 0.05) is 18.6 Å². The quantitative estimate of drug-likeness (QED) is 0.768. The smallest absolute Gasteiger partial charge is 0.241 e. The first kappa shape index (κ1) is 18.8. The predicted molar refractivity (Wildman–Crippen MR) is 93.8 cm³/mol. The van der Waals surface area contributed by atoms with E-state index in [4.69, 9.17) is 0 Å². The Morgan fingerprint density at radius 1 is 1.29 bits per heavy atom. The molecule has 1 fully saturated rings. The van der Waals surface area contributed by atoms with Gasteiger partial charge in [-0.2, -0.15) is 0 Å². The summed E-state index contributed by atoms with van der Waals surface area (Å²) in [5.41, 5.74) is 7.52. The van der Waals surface area contributed by atoms with Gasteiger partial charge in [-0.05, 0) is 43.6 Å². The fourth-order valence-corrected chi connectivity index (χ4v) is 2.97. The number of carbonyl (C=O) groups excluding carboxylic acids is 1. The van der Waals surface area contributed by atoms with Gasteiger partial charge in [-0.15, -0.1) is 0 Å². The normalized spacial score (nSPS) is 22.6. The van der Waals surface area contributed by atoms with Crippen LogP contribution in [0.5, 0.6) is 0 Å². The van der Waals surface area contributed by atoms with Crippen molar-refractivity contribution >= 4 is 5.91 Å². The molecular weight excluding hydrogens is 307 g/mol. The van der Waals surface area contributed by atoms with Crippen LogP contribution in [-0.2, 0) is 4.79 Å². The van der Waals surface area contributed by atoms with Crippen LogP contribution in [0.1, 0.15) is 38.8 Å². The van der Waals surface area contributed by atoms with Crippen LogP contribution in [0.3, 0.4) is 0 Å². The van der Waals surface area contributed by atoms with Crippen molar-refractivity contribution in [1.82, 2.24) is 21.1 Å². The number of nitrogens with zero attached hydrogens (tertiary/aromatic N) is 1. The van der Waals surface area contributed by atoms with E-state index in [1.165, 1.54) is 12.1 Å².